The van der Waals surface area contributed by atoms with Crippen molar-refractivity contribution in [2.45, 2.75) is 117 Å². The lowest BCUT2D eigenvalue weighted by molar-refractivity contribution is 0.154. The van der Waals surface area contributed by atoms with E-state index in [0.29, 0.717) is 0 Å². The highest BCUT2D eigenvalue weighted by Gasteiger charge is 2.12. The molecule has 1 aliphatic heterocycles. The zero-order valence-electron chi connectivity index (χ0n) is 25.1. The monoisotopic (exact) mass is 510 g/mol. The van der Waals surface area contributed by atoms with Crippen LogP contribution < -0.4 is 10.6 Å². The SMILES string of the molecule is CCCCCCCCCCNCCN(CCCCCCCCCC)CCNCCN1CCN(C)CC1. The van der Waals surface area contributed by atoms with Gasteiger partial charge in [-0.25, -0.2) is 0 Å². The van der Waals surface area contributed by atoms with Crippen molar-refractivity contribution in [1.82, 2.24) is 25.3 Å². The van der Waals surface area contributed by atoms with Crippen molar-refractivity contribution < 1.29 is 0 Å². The van der Waals surface area contributed by atoms with Gasteiger partial charge in [-0.3, -0.25) is 4.90 Å². The third kappa shape index (κ3) is 21.8. The summed E-state index contributed by atoms with van der Waals surface area (Å²) in [6.07, 6.45) is 22.6. The molecule has 1 rings (SSSR count). The summed E-state index contributed by atoms with van der Waals surface area (Å²) in [5, 5.41) is 7.46. The lowest BCUT2D eigenvalue weighted by Gasteiger charge is -2.32. The summed E-state index contributed by atoms with van der Waals surface area (Å²) >= 11 is 0. The molecule has 0 saturated carbocycles. The highest BCUT2D eigenvalue weighted by atomic mass is 15.2. The number of rotatable bonds is 27. The molecule has 216 valence electrons. The second kappa shape index (κ2) is 26.4. The van der Waals surface area contributed by atoms with Crippen LogP contribution >= 0.6 is 0 Å². The number of unbranched alkanes of at least 4 members (excludes halogenated alkanes) is 14. The van der Waals surface area contributed by atoms with E-state index in [2.05, 4.69) is 46.2 Å². The van der Waals surface area contributed by atoms with E-state index < -0.39 is 0 Å². The van der Waals surface area contributed by atoms with Gasteiger partial charge in [0.15, 0.2) is 0 Å². The summed E-state index contributed by atoms with van der Waals surface area (Å²) in [5.74, 6) is 0. The van der Waals surface area contributed by atoms with Crippen LogP contribution in [0.15, 0.2) is 0 Å². The Morgan fingerprint density at radius 3 is 1.53 bits per heavy atom. The van der Waals surface area contributed by atoms with Crippen molar-refractivity contribution in [3.8, 4) is 0 Å². The van der Waals surface area contributed by atoms with E-state index in [1.165, 1.54) is 162 Å². The Labute approximate surface area is 227 Å². The quantitative estimate of drug-likeness (QED) is 0.133. The zero-order chi connectivity index (χ0) is 25.9. The number of nitrogens with zero attached hydrogens (tertiary/aromatic N) is 3. The van der Waals surface area contributed by atoms with Gasteiger partial charge in [0, 0.05) is 65.4 Å². The lowest BCUT2D eigenvalue weighted by Crippen LogP contribution is -2.47. The molecule has 5 nitrogen and oxygen atoms in total. The minimum absolute atomic E-state index is 1.13. The molecule has 0 aromatic rings. The lowest BCUT2D eigenvalue weighted by atomic mass is 10.1. The van der Waals surface area contributed by atoms with Crippen molar-refractivity contribution in [2.75, 3.05) is 85.6 Å². The van der Waals surface area contributed by atoms with Gasteiger partial charge in [-0.05, 0) is 33.0 Å². The molecule has 5 heteroatoms. The van der Waals surface area contributed by atoms with Crippen molar-refractivity contribution >= 4 is 0 Å². The molecule has 0 spiro atoms. The first-order valence-corrected chi connectivity index (χ1v) is 16.3. The molecule has 0 amide bonds. The summed E-state index contributed by atoms with van der Waals surface area (Å²) in [6, 6.07) is 0. The molecule has 1 fully saturated rings. The first kappa shape index (κ1) is 33.8. The second-order valence-corrected chi connectivity index (χ2v) is 11.4. The van der Waals surface area contributed by atoms with Crippen molar-refractivity contribution in [3.63, 3.8) is 0 Å². The molecule has 1 heterocycles. The predicted octanol–water partition coefficient (Wildman–Crippen LogP) is 6.00. The van der Waals surface area contributed by atoms with Crippen molar-refractivity contribution in [3.05, 3.63) is 0 Å². The summed E-state index contributed by atoms with van der Waals surface area (Å²) in [7, 11) is 2.24. The first-order chi connectivity index (χ1) is 17.8. The van der Waals surface area contributed by atoms with Crippen LogP contribution in [0.25, 0.3) is 0 Å². The first-order valence-electron chi connectivity index (χ1n) is 16.3. The number of likely N-dealkylation sites (N-methyl/N-ethyl adjacent to an activating group) is 1. The van der Waals surface area contributed by atoms with Gasteiger partial charge in [0.25, 0.3) is 0 Å². The van der Waals surface area contributed by atoms with Crippen LogP contribution in [0.5, 0.6) is 0 Å². The van der Waals surface area contributed by atoms with Crippen LogP contribution in [-0.4, -0.2) is 100 Å². The molecule has 0 aromatic carbocycles. The highest BCUT2D eigenvalue weighted by Crippen LogP contribution is 2.09. The van der Waals surface area contributed by atoms with E-state index in [1.54, 1.807) is 0 Å². The van der Waals surface area contributed by atoms with E-state index in [1.807, 2.05) is 0 Å². The third-order valence-corrected chi connectivity index (χ3v) is 7.95. The molecule has 36 heavy (non-hydrogen) atoms. The van der Waals surface area contributed by atoms with Crippen LogP contribution in [0.1, 0.15) is 117 Å². The Kier molecular flexibility index (Phi) is 24.8. The Bertz CT molecular complexity index is 425. The van der Waals surface area contributed by atoms with Gasteiger partial charge < -0.3 is 20.4 Å². The van der Waals surface area contributed by atoms with Crippen LogP contribution in [0.2, 0.25) is 0 Å². The maximum Gasteiger partial charge on any atom is 0.0110 e. The normalized spacial score (nSPS) is 15.3. The third-order valence-electron chi connectivity index (χ3n) is 7.95. The molecular formula is C31H67N5. The van der Waals surface area contributed by atoms with Crippen molar-refractivity contribution in [1.29, 1.82) is 0 Å². The molecule has 0 bridgehead atoms. The van der Waals surface area contributed by atoms with Gasteiger partial charge >= 0.3 is 0 Å². The van der Waals surface area contributed by atoms with Crippen LogP contribution in [0.4, 0.5) is 0 Å². The van der Waals surface area contributed by atoms with Crippen LogP contribution in [0, 0.1) is 0 Å². The largest absolute Gasteiger partial charge is 0.315 e. The highest BCUT2D eigenvalue weighted by molar-refractivity contribution is 4.70. The number of piperazine rings is 1. The van der Waals surface area contributed by atoms with Gasteiger partial charge in [0.05, 0.1) is 0 Å². The van der Waals surface area contributed by atoms with Crippen LogP contribution in [-0.2, 0) is 0 Å². The molecule has 1 saturated heterocycles. The Morgan fingerprint density at radius 2 is 0.972 bits per heavy atom. The molecule has 0 unspecified atom stereocenters. The fraction of sp³-hybridized carbons (Fsp3) is 1.00. The molecule has 0 radical (unpaired) electrons. The van der Waals surface area contributed by atoms with E-state index in [9.17, 15) is 0 Å². The molecule has 0 atom stereocenters. The molecule has 2 N–H and O–H groups in total. The minimum Gasteiger partial charge on any atom is -0.315 e. The fourth-order valence-corrected chi connectivity index (χ4v) is 5.22. The Hall–Kier alpha value is -0.200. The van der Waals surface area contributed by atoms with E-state index >= 15 is 0 Å². The van der Waals surface area contributed by atoms with Gasteiger partial charge in [0.2, 0.25) is 0 Å². The second-order valence-electron chi connectivity index (χ2n) is 11.4. The average molecular weight is 510 g/mol. The smallest absolute Gasteiger partial charge is 0.0110 e. The summed E-state index contributed by atoms with van der Waals surface area (Å²) in [4.78, 5) is 7.76. The van der Waals surface area contributed by atoms with E-state index in [0.717, 1.165) is 19.6 Å². The predicted molar refractivity (Wildman–Crippen MR) is 161 cm³/mol. The molecule has 1 aliphatic rings. The van der Waals surface area contributed by atoms with Gasteiger partial charge in [-0.15, -0.1) is 0 Å². The van der Waals surface area contributed by atoms with Crippen molar-refractivity contribution in [2.24, 2.45) is 0 Å². The Morgan fingerprint density at radius 1 is 0.500 bits per heavy atom. The number of nitrogens with one attached hydrogen (secondary N) is 2. The summed E-state index contributed by atoms with van der Waals surface area (Å²) in [5.41, 5.74) is 0. The Balaban J connectivity index is 2.10. The minimum atomic E-state index is 1.13. The van der Waals surface area contributed by atoms with Gasteiger partial charge in [0.1, 0.15) is 0 Å². The fourth-order valence-electron chi connectivity index (χ4n) is 5.22. The molecule has 0 aliphatic carbocycles. The number of hydrogen-bond acceptors (Lipinski definition) is 5. The van der Waals surface area contributed by atoms with E-state index in [-0.39, 0.29) is 0 Å². The number of hydrogen-bond donors (Lipinski definition) is 2. The van der Waals surface area contributed by atoms with Gasteiger partial charge in [-0.2, -0.15) is 0 Å². The average Bonchev–Trinajstić information content (AvgIpc) is 2.89. The summed E-state index contributed by atoms with van der Waals surface area (Å²) in [6.45, 7) is 19.0. The van der Waals surface area contributed by atoms with Crippen LogP contribution in [0.3, 0.4) is 0 Å². The summed E-state index contributed by atoms with van der Waals surface area (Å²) < 4.78 is 0. The van der Waals surface area contributed by atoms with E-state index in [4.69, 9.17) is 0 Å². The maximum absolute atomic E-state index is 3.73. The molecular weight excluding hydrogens is 442 g/mol. The standard InChI is InChI=1S/C31H67N5/c1-4-6-8-10-12-14-16-18-20-32-21-25-35(24-19-17-15-13-11-9-7-5-2)26-22-33-23-27-36-30-28-34(3)29-31-36/h32-33H,4-31H2,1-3H3. The molecule has 0 aromatic heterocycles. The van der Waals surface area contributed by atoms with Gasteiger partial charge in [-0.1, -0.05) is 104 Å². The maximum atomic E-state index is 3.73. The zero-order valence-corrected chi connectivity index (χ0v) is 25.1. The topological polar surface area (TPSA) is 33.8 Å².